The molecular formula is C22H19Cl2F3N4O2S. The van der Waals surface area contributed by atoms with E-state index >= 15 is 0 Å². The number of nitrogens with one attached hydrogen (secondary N) is 1. The second kappa shape index (κ2) is 11.2. The van der Waals surface area contributed by atoms with Gasteiger partial charge in [-0.3, -0.25) is 9.36 Å². The van der Waals surface area contributed by atoms with Crippen LogP contribution < -0.4 is 10.1 Å². The van der Waals surface area contributed by atoms with Gasteiger partial charge in [-0.25, -0.2) is 0 Å². The SMILES string of the molecule is C=CCn1c(SCC(=O)Nc2cccc(C(F)(F)F)c2)nnc1C(C)Oc1ccc(Cl)cc1Cl. The number of hydrogen-bond donors (Lipinski definition) is 1. The predicted molar refractivity (Wildman–Crippen MR) is 127 cm³/mol. The molecule has 1 amide bonds. The maximum absolute atomic E-state index is 12.9. The highest BCUT2D eigenvalue weighted by Gasteiger charge is 2.30. The van der Waals surface area contributed by atoms with Crippen molar-refractivity contribution in [2.24, 2.45) is 0 Å². The number of carbonyl (C=O) groups excluding carboxylic acids is 1. The van der Waals surface area contributed by atoms with Gasteiger partial charge in [0.1, 0.15) is 5.75 Å². The highest BCUT2D eigenvalue weighted by molar-refractivity contribution is 7.99. The molecule has 2 aromatic carbocycles. The van der Waals surface area contributed by atoms with Gasteiger partial charge >= 0.3 is 6.18 Å². The first-order valence-electron chi connectivity index (χ1n) is 9.84. The molecule has 1 N–H and O–H groups in total. The topological polar surface area (TPSA) is 69.0 Å². The lowest BCUT2D eigenvalue weighted by Crippen LogP contribution is -2.16. The Morgan fingerprint density at radius 2 is 2.03 bits per heavy atom. The summed E-state index contributed by atoms with van der Waals surface area (Å²) in [6.07, 6.45) is -3.40. The molecule has 0 aliphatic carbocycles. The fraction of sp³-hybridized carbons (Fsp3) is 0.227. The van der Waals surface area contributed by atoms with E-state index in [-0.39, 0.29) is 11.4 Å². The van der Waals surface area contributed by atoms with E-state index in [0.717, 1.165) is 23.9 Å². The molecule has 1 unspecified atom stereocenters. The van der Waals surface area contributed by atoms with Gasteiger partial charge in [-0.05, 0) is 43.3 Å². The smallest absolute Gasteiger partial charge is 0.416 e. The van der Waals surface area contributed by atoms with Crippen LogP contribution in [0.15, 0.2) is 60.3 Å². The molecular weight excluding hydrogens is 512 g/mol. The molecule has 0 saturated carbocycles. The van der Waals surface area contributed by atoms with Crippen LogP contribution in [0, 0.1) is 0 Å². The normalized spacial score (nSPS) is 12.3. The lowest BCUT2D eigenvalue weighted by atomic mass is 10.2. The standard InChI is InChI=1S/C22H19Cl2F3N4O2S/c1-3-9-31-20(13(2)33-18-8-7-15(23)11-17(18)24)29-30-21(31)34-12-19(32)28-16-6-4-5-14(10-16)22(25,26)27/h3-8,10-11,13H,1,9,12H2,2H3,(H,28,32). The van der Waals surface area contributed by atoms with Crippen LogP contribution in [0.1, 0.15) is 24.4 Å². The maximum Gasteiger partial charge on any atom is 0.416 e. The van der Waals surface area contributed by atoms with Crippen molar-refractivity contribution in [2.45, 2.75) is 30.9 Å². The monoisotopic (exact) mass is 530 g/mol. The van der Waals surface area contributed by atoms with Crippen molar-refractivity contribution >= 4 is 46.6 Å². The lowest BCUT2D eigenvalue weighted by molar-refractivity contribution is -0.137. The van der Waals surface area contributed by atoms with Gasteiger partial charge in [-0.15, -0.1) is 16.8 Å². The number of allylic oxidation sites excluding steroid dienone is 1. The van der Waals surface area contributed by atoms with Crippen molar-refractivity contribution in [3.05, 3.63) is 76.6 Å². The number of halogens is 5. The molecule has 0 bridgehead atoms. The minimum absolute atomic E-state index is 0.0514. The van der Waals surface area contributed by atoms with Crippen LogP contribution in [-0.4, -0.2) is 26.4 Å². The van der Waals surface area contributed by atoms with Crippen molar-refractivity contribution in [3.63, 3.8) is 0 Å². The molecule has 0 radical (unpaired) electrons. The van der Waals surface area contributed by atoms with Crippen LogP contribution in [0.3, 0.4) is 0 Å². The van der Waals surface area contributed by atoms with E-state index in [1.807, 2.05) is 0 Å². The summed E-state index contributed by atoms with van der Waals surface area (Å²) in [6.45, 7) is 5.85. The second-order valence-corrected chi connectivity index (χ2v) is 8.78. The fourth-order valence-electron chi connectivity index (χ4n) is 2.92. The largest absolute Gasteiger partial charge is 0.481 e. The van der Waals surface area contributed by atoms with Crippen molar-refractivity contribution in [1.82, 2.24) is 14.8 Å². The van der Waals surface area contributed by atoms with Crippen molar-refractivity contribution in [3.8, 4) is 5.75 Å². The molecule has 0 saturated heterocycles. The maximum atomic E-state index is 12.9. The van der Waals surface area contributed by atoms with E-state index in [9.17, 15) is 18.0 Å². The van der Waals surface area contributed by atoms with Gasteiger partial charge in [0.25, 0.3) is 0 Å². The Kier molecular flexibility index (Phi) is 8.51. The van der Waals surface area contributed by atoms with Gasteiger partial charge in [0.2, 0.25) is 5.91 Å². The molecule has 0 spiro atoms. The zero-order chi connectivity index (χ0) is 24.9. The van der Waals surface area contributed by atoms with E-state index in [4.69, 9.17) is 27.9 Å². The number of carbonyl (C=O) groups is 1. The quantitative estimate of drug-likeness (QED) is 0.247. The number of hydrogen-bond acceptors (Lipinski definition) is 5. The number of thioether (sulfide) groups is 1. The Morgan fingerprint density at radius 1 is 1.26 bits per heavy atom. The van der Waals surface area contributed by atoms with E-state index in [1.54, 1.807) is 35.8 Å². The van der Waals surface area contributed by atoms with E-state index in [1.165, 1.54) is 12.1 Å². The Morgan fingerprint density at radius 3 is 2.71 bits per heavy atom. The third-order valence-corrected chi connectivity index (χ3v) is 5.92. The Bertz CT molecular complexity index is 1190. The predicted octanol–water partition coefficient (Wildman–Crippen LogP) is 6.66. The molecule has 0 fully saturated rings. The molecule has 3 aromatic rings. The minimum atomic E-state index is -4.50. The molecule has 1 atom stereocenters. The van der Waals surface area contributed by atoms with Gasteiger partial charge in [0.05, 0.1) is 16.3 Å². The zero-order valence-electron chi connectivity index (χ0n) is 17.8. The van der Waals surface area contributed by atoms with Crippen LogP contribution in [-0.2, 0) is 17.5 Å². The summed E-state index contributed by atoms with van der Waals surface area (Å²) in [7, 11) is 0. The molecule has 0 aliphatic rings. The molecule has 12 heteroatoms. The van der Waals surface area contributed by atoms with Gasteiger partial charge in [-0.1, -0.05) is 47.1 Å². The van der Waals surface area contributed by atoms with Gasteiger partial charge in [-0.2, -0.15) is 13.2 Å². The third kappa shape index (κ3) is 6.68. The summed E-state index contributed by atoms with van der Waals surface area (Å²) < 4.78 is 46.2. The van der Waals surface area contributed by atoms with Crippen molar-refractivity contribution in [2.75, 3.05) is 11.1 Å². The van der Waals surface area contributed by atoms with Crippen molar-refractivity contribution in [1.29, 1.82) is 0 Å². The summed E-state index contributed by atoms with van der Waals surface area (Å²) in [6, 6.07) is 9.28. The Balaban J connectivity index is 1.68. The summed E-state index contributed by atoms with van der Waals surface area (Å²) >= 11 is 13.2. The third-order valence-electron chi connectivity index (χ3n) is 4.42. The molecule has 0 aliphatic heterocycles. The number of nitrogens with zero attached hydrogens (tertiary/aromatic N) is 3. The van der Waals surface area contributed by atoms with Crippen LogP contribution in [0.4, 0.5) is 18.9 Å². The summed E-state index contributed by atoms with van der Waals surface area (Å²) in [5.74, 6) is 0.313. The van der Waals surface area contributed by atoms with Crippen LogP contribution in [0.2, 0.25) is 10.0 Å². The number of ether oxygens (including phenoxy) is 1. The molecule has 3 rings (SSSR count). The Labute approximate surface area is 208 Å². The van der Waals surface area contributed by atoms with Gasteiger partial charge < -0.3 is 10.1 Å². The number of amides is 1. The minimum Gasteiger partial charge on any atom is -0.481 e. The summed E-state index contributed by atoms with van der Waals surface area (Å²) in [5, 5.41) is 12.0. The van der Waals surface area contributed by atoms with Gasteiger partial charge in [0, 0.05) is 17.3 Å². The van der Waals surface area contributed by atoms with Crippen LogP contribution in [0.25, 0.3) is 0 Å². The molecule has 1 aromatic heterocycles. The molecule has 180 valence electrons. The van der Waals surface area contributed by atoms with Crippen LogP contribution >= 0.6 is 35.0 Å². The highest BCUT2D eigenvalue weighted by Crippen LogP contribution is 2.32. The zero-order valence-corrected chi connectivity index (χ0v) is 20.1. The number of alkyl halides is 3. The van der Waals surface area contributed by atoms with Gasteiger partial charge in [0.15, 0.2) is 17.1 Å². The van der Waals surface area contributed by atoms with Crippen LogP contribution in [0.5, 0.6) is 5.75 Å². The van der Waals surface area contributed by atoms with E-state index < -0.39 is 23.8 Å². The molecule has 6 nitrogen and oxygen atoms in total. The summed E-state index contributed by atoms with van der Waals surface area (Å²) in [5.41, 5.74) is -0.793. The number of benzene rings is 2. The second-order valence-electron chi connectivity index (χ2n) is 6.99. The average Bonchev–Trinajstić information content (AvgIpc) is 3.17. The fourth-order valence-corrected chi connectivity index (χ4v) is 4.13. The number of rotatable bonds is 9. The van der Waals surface area contributed by atoms with E-state index in [0.29, 0.717) is 33.3 Å². The van der Waals surface area contributed by atoms with Crippen molar-refractivity contribution < 1.29 is 22.7 Å². The average molecular weight is 531 g/mol. The first-order chi connectivity index (χ1) is 16.1. The first-order valence-corrected chi connectivity index (χ1v) is 11.6. The summed E-state index contributed by atoms with van der Waals surface area (Å²) in [4.78, 5) is 12.3. The number of anilines is 1. The highest BCUT2D eigenvalue weighted by atomic mass is 35.5. The molecule has 1 heterocycles. The lowest BCUT2D eigenvalue weighted by Gasteiger charge is -2.16. The number of aromatic nitrogens is 3. The molecule has 34 heavy (non-hydrogen) atoms. The first kappa shape index (κ1) is 25.9. The van der Waals surface area contributed by atoms with E-state index in [2.05, 4.69) is 22.1 Å². The Hall–Kier alpha value is -2.69.